The summed E-state index contributed by atoms with van der Waals surface area (Å²) in [7, 11) is 0. The number of anilines is 1. The van der Waals surface area contributed by atoms with Crippen LogP contribution >= 0.6 is 12.2 Å². The van der Waals surface area contributed by atoms with Gasteiger partial charge in [0.05, 0.1) is 5.56 Å². The number of thiocarbonyl (C=S) groups is 1. The minimum Gasteiger partial charge on any atom is -0.508 e. The highest BCUT2D eigenvalue weighted by Crippen LogP contribution is 2.42. The number of carbonyl (C=O) groups excluding carboxylic acids is 4. The van der Waals surface area contributed by atoms with Crippen molar-refractivity contribution in [2.45, 2.75) is 81.6 Å². The number of aromatic carboxylic acids is 1. The topological polar surface area (TPSA) is 401 Å². The van der Waals surface area contributed by atoms with Gasteiger partial charge in [0.1, 0.15) is 41.3 Å². The quantitative estimate of drug-likeness (QED) is 0.0174. The van der Waals surface area contributed by atoms with Gasteiger partial charge in [0, 0.05) is 85.7 Å². The second kappa shape index (κ2) is 30.0. The van der Waals surface area contributed by atoms with Gasteiger partial charge in [-0.3, -0.25) is 28.8 Å². The van der Waals surface area contributed by atoms with Gasteiger partial charge in [0.2, 0.25) is 17.7 Å². The molecule has 6 rings (SSSR count). The van der Waals surface area contributed by atoms with Crippen molar-refractivity contribution in [1.29, 1.82) is 0 Å². The number of nitrogens with one attached hydrogen (secondary N) is 8. The van der Waals surface area contributed by atoms with Gasteiger partial charge in [0.25, 0.3) is 0 Å². The summed E-state index contributed by atoms with van der Waals surface area (Å²) >= 11 is 5.73. The molecule has 436 valence electrons. The molecule has 25 nitrogen and oxygen atoms in total. The number of amides is 5. The number of urea groups is 1. The van der Waals surface area contributed by atoms with Crippen molar-refractivity contribution >= 4 is 87.6 Å². The number of fused-ring (bicyclic) bond motifs is 2. The van der Waals surface area contributed by atoms with Crippen LogP contribution in [0.1, 0.15) is 60.0 Å². The Hall–Kier alpha value is -9.95. The fraction of sp³-hybridized carbons (Fsp3) is 0.281. The minimum atomic E-state index is -1.62. The van der Waals surface area contributed by atoms with Gasteiger partial charge in [-0.1, -0.05) is 66.7 Å². The van der Waals surface area contributed by atoms with E-state index in [1.807, 2.05) is 47.0 Å². The third-order valence-electron chi connectivity index (χ3n) is 12.9. The lowest BCUT2D eigenvalue weighted by atomic mass is 9.90. The number of phenolic OH excluding ortho intramolecular Hbond substituents is 1. The van der Waals surface area contributed by atoms with E-state index >= 15 is 0 Å². The fourth-order valence-electron chi connectivity index (χ4n) is 8.80. The van der Waals surface area contributed by atoms with Gasteiger partial charge in [-0.25, -0.2) is 19.2 Å². The molecule has 0 saturated carbocycles. The summed E-state index contributed by atoms with van der Waals surface area (Å²) in [5, 5.41) is 80.1. The molecule has 1 aliphatic carbocycles. The largest absolute Gasteiger partial charge is 0.508 e. The summed E-state index contributed by atoms with van der Waals surface area (Å²) in [5.41, 5.74) is 2.68. The maximum atomic E-state index is 14.4. The molecular formula is C57H60N8O17S. The van der Waals surface area contributed by atoms with Crippen LogP contribution in [0.15, 0.2) is 124 Å². The molecular weight excluding hydrogens is 1100 g/mol. The lowest BCUT2D eigenvalue weighted by Gasteiger charge is -2.26. The van der Waals surface area contributed by atoms with Gasteiger partial charge in [0.15, 0.2) is 10.5 Å². The number of carboxylic acids is 5. The standard InChI is InChI=1S/C57H60N8O17S/c66-35-12-15-38-45(28-35)82-46-29-36(67)13-16-39(46)50(38)37-14-11-33(27-40(37)52(73)74)62-57(83)65-44(26-32-9-5-2-6-10-32)51(72)61-34(25-31-7-3-1-4-8-31)30-60-41(53(75)76)17-20-47(68)58-23-24-59-48(69)21-18-42(54(77)78)63-56(81)64-43(55(79)80)19-22-49(70)71/h1-16,27-29,34,41-44,60,66H,17-26,30H2,(H,58,68)(H,59,69)(H,61,72)(H,70,71)(H,73,74)(H,75,76)(H,77,78)(H,79,80)(H2,62,65,83)(H2,63,64,81)/t34?,41-,42+,43+,44?/m1/s1. The lowest BCUT2D eigenvalue weighted by Crippen LogP contribution is -2.55. The average molecular weight is 1160 g/mol. The second-order valence-corrected chi connectivity index (χ2v) is 19.4. The molecule has 0 saturated heterocycles. The minimum absolute atomic E-state index is 0.0451. The third kappa shape index (κ3) is 19.1. The van der Waals surface area contributed by atoms with E-state index in [2.05, 4.69) is 31.9 Å². The Balaban J connectivity index is 1.06. The monoisotopic (exact) mass is 1160 g/mol. The first-order valence-electron chi connectivity index (χ1n) is 25.9. The highest BCUT2D eigenvalue weighted by molar-refractivity contribution is 7.80. The van der Waals surface area contributed by atoms with E-state index in [1.54, 1.807) is 42.5 Å². The van der Waals surface area contributed by atoms with Crippen LogP contribution in [0, 0.1) is 0 Å². The number of aliphatic carboxylic acids is 4. The van der Waals surface area contributed by atoms with Crippen molar-refractivity contribution in [2.24, 2.45) is 0 Å². The number of hydrogen-bond acceptors (Lipinski definition) is 14. The summed E-state index contributed by atoms with van der Waals surface area (Å²) in [6.07, 6.45) is -1.95. The number of hydrogen-bond donors (Lipinski definition) is 14. The zero-order chi connectivity index (χ0) is 60.2. The average Bonchev–Trinajstić information content (AvgIpc) is 3.45. The van der Waals surface area contributed by atoms with Gasteiger partial charge in [-0.2, -0.15) is 0 Å². The number of carboxylic acid groups (broad SMARTS) is 5. The Morgan fingerprint density at radius 1 is 0.566 bits per heavy atom. The van der Waals surface area contributed by atoms with Crippen LogP contribution in [0.5, 0.6) is 5.75 Å². The molecule has 83 heavy (non-hydrogen) atoms. The Morgan fingerprint density at radius 2 is 1.13 bits per heavy atom. The maximum Gasteiger partial charge on any atom is 0.336 e. The summed E-state index contributed by atoms with van der Waals surface area (Å²) in [6, 6.07) is 23.7. The van der Waals surface area contributed by atoms with Crippen molar-refractivity contribution in [3.63, 3.8) is 0 Å². The number of aromatic hydroxyl groups is 1. The maximum absolute atomic E-state index is 14.4. The Bertz CT molecular complexity index is 3380. The van der Waals surface area contributed by atoms with E-state index in [0.29, 0.717) is 16.5 Å². The molecule has 2 aliphatic rings. The van der Waals surface area contributed by atoms with E-state index in [-0.39, 0.29) is 89.8 Å². The van der Waals surface area contributed by atoms with Gasteiger partial charge in [-0.05, 0) is 91.0 Å². The van der Waals surface area contributed by atoms with Crippen LogP contribution in [-0.2, 0) is 46.4 Å². The van der Waals surface area contributed by atoms with Gasteiger partial charge >= 0.3 is 35.9 Å². The molecule has 2 unspecified atom stereocenters. The Morgan fingerprint density at radius 3 is 1.71 bits per heavy atom. The molecule has 4 aromatic carbocycles. The molecule has 0 fully saturated rings. The van der Waals surface area contributed by atoms with Crippen LogP contribution in [0.25, 0.3) is 33.4 Å². The van der Waals surface area contributed by atoms with E-state index in [4.69, 9.17) is 21.7 Å². The van der Waals surface area contributed by atoms with Crippen LogP contribution < -0.4 is 48.0 Å². The number of phenols is 1. The summed E-state index contributed by atoms with van der Waals surface area (Å²) in [5.74, 6) is -8.61. The summed E-state index contributed by atoms with van der Waals surface area (Å²) in [4.78, 5) is 124. The number of benzene rings is 5. The Labute approximate surface area is 478 Å². The second-order valence-electron chi connectivity index (χ2n) is 19.0. The molecule has 4 aromatic rings. The van der Waals surface area contributed by atoms with Crippen molar-refractivity contribution in [2.75, 3.05) is 25.0 Å². The fourth-order valence-corrected chi connectivity index (χ4v) is 9.06. The highest BCUT2D eigenvalue weighted by atomic mass is 32.1. The molecule has 0 bridgehead atoms. The molecule has 0 aromatic heterocycles. The molecule has 5 amide bonds. The first kappa shape index (κ1) is 62.3. The van der Waals surface area contributed by atoms with Crippen molar-refractivity contribution in [1.82, 2.24) is 37.2 Å². The third-order valence-corrected chi connectivity index (χ3v) is 13.1. The van der Waals surface area contributed by atoms with Crippen molar-refractivity contribution in [3.8, 4) is 28.2 Å². The Kier molecular flexibility index (Phi) is 22.5. The predicted octanol–water partition coefficient (Wildman–Crippen LogP) is 3.50. The zero-order valence-electron chi connectivity index (χ0n) is 44.2. The molecule has 26 heteroatoms. The molecule has 1 heterocycles. The van der Waals surface area contributed by atoms with Gasteiger partial charge in [-0.15, -0.1) is 0 Å². The lowest BCUT2D eigenvalue weighted by molar-refractivity contribution is -0.141. The zero-order valence-corrected chi connectivity index (χ0v) is 45.0. The number of rotatable bonds is 30. The predicted molar refractivity (Wildman–Crippen MR) is 304 cm³/mol. The van der Waals surface area contributed by atoms with E-state index in [0.717, 1.165) is 11.1 Å². The molecule has 14 N–H and O–H groups in total. The normalized spacial score (nSPS) is 12.8. The first-order valence-corrected chi connectivity index (χ1v) is 26.3. The highest BCUT2D eigenvalue weighted by Gasteiger charge is 2.29. The van der Waals surface area contributed by atoms with Crippen LogP contribution in [0.4, 0.5) is 10.5 Å². The van der Waals surface area contributed by atoms with Crippen LogP contribution in [0.3, 0.4) is 0 Å². The number of carbonyl (C=O) groups is 9. The van der Waals surface area contributed by atoms with Crippen LogP contribution in [-0.4, -0.2) is 139 Å². The van der Waals surface area contributed by atoms with Gasteiger partial charge < -0.3 is 77.6 Å². The van der Waals surface area contributed by atoms with E-state index < -0.39 is 109 Å². The molecule has 5 atom stereocenters. The summed E-state index contributed by atoms with van der Waals surface area (Å²) < 4.78 is 5.94. The summed E-state index contributed by atoms with van der Waals surface area (Å²) in [6.45, 7) is -0.277. The van der Waals surface area contributed by atoms with E-state index in [1.165, 1.54) is 36.4 Å². The van der Waals surface area contributed by atoms with Crippen molar-refractivity contribution in [3.05, 3.63) is 142 Å². The van der Waals surface area contributed by atoms with Crippen LogP contribution in [0.2, 0.25) is 0 Å². The molecule has 1 aliphatic heterocycles. The SMILES string of the molecule is O=C(O)CC[C@H](NC(=O)N[C@@H](CCC(=O)NCCNC(=O)CC[C@@H](NCC(Cc1ccccc1)NC(=O)C(Cc1ccccc1)NC(=S)Nc1ccc(-c2c3ccc(=O)cc-3oc3cc(O)ccc23)c(C(=O)O)c1)C(=O)O)C(=O)O)C(=O)O. The van der Waals surface area contributed by atoms with E-state index in [9.17, 15) is 73.5 Å². The first-order chi connectivity index (χ1) is 39.6. The van der Waals surface area contributed by atoms with Crippen molar-refractivity contribution < 1.29 is 78.2 Å². The molecule has 0 spiro atoms. The smallest absolute Gasteiger partial charge is 0.336 e. The molecule has 0 radical (unpaired) electrons.